The normalized spacial score (nSPS) is 14.5. The average Bonchev–Trinajstić information content (AvgIpc) is 2.15. The lowest BCUT2D eigenvalue weighted by Gasteiger charge is -2.43. The van der Waals surface area contributed by atoms with Crippen molar-refractivity contribution in [1.29, 1.82) is 0 Å². The highest BCUT2D eigenvalue weighted by Crippen LogP contribution is 2.45. The van der Waals surface area contributed by atoms with Gasteiger partial charge in [-0.3, -0.25) is 0 Å². The van der Waals surface area contributed by atoms with Crippen LogP contribution in [0.2, 0.25) is 18.1 Å². The van der Waals surface area contributed by atoms with E-state index in [9.17, 15) is 4.79 Å². The minimum Gasteiger partial charge on any atom is -0.434 e. The van der Waals surface area contributed by atoms with Crippen LogP contribution in [0.4, 0.5) is 0 Å². The summed E-state index contributed by atoms with van der Waals surface area (Å²) in [6.45, 7) is 20.1. The van der Waals surface area contributed by atoms with E-state index in [1.54, 1.807) is 13.8 Å². The molecule has 1 atom stereocenters. The second-order valence-electron chi connectivity index (χ2n) is 6.26. The molecule has 0 aliphatic rings. The van der Waals surface area contributed by atoms with Gasteiger partial charge in [0.1, 0.15) is 0 Å². The third-order valence-electron chi connectivity index (χ3n) is 4.08. The van der Waals surface area contributed by atoms with Gasteiger partial charge in [0.05, 0.1) is 0 Å². The number of carbonyl (C=O) groups is 1. The summed E-state index contributed by atoms with van der Waals surface area (Å²) < 4.78 is 11.2. The molecule has 0 heterocycles. The van der Waals surface area contributed by atoms with Crippen LogP contribution in [-0.2, 0) is 14.0 Å². The minimum absolute atomic E-state index is 0.108. The number of carbonyl (C=O) groups excluding carboxylic acids is 1. The molecule has 106 valence electrons. The fraction of sp³-hybridized carbons (Fsp3) is 0.786. The first-order valence-corrected chi connectivity index (χ1v) is 9.37. The first-order valence-electron chi connectivity index (χ1n) is 6.46. The van der Waals surface area contributed by atoms with Gasteiger partial charge in [-0.25, -0.2) is 4.79 Å². The van der Waals surface area contributed by atoms with E-state index < -0.39 is 20.6 Å². The Morgan fingerprint density at radius 2 is 1.67 bits per heavy atom. The monoisotopic (exact) mass is 272 g/mol. The topological polar surface area (TPSA) is 35.5 Å². The van der Waals surface area contributed by atoms with Crippen molar-refractivity contribution in [3.63, 3.8) is 0 Å². The molecule has 1 unspecified atom stereocenters. The molecule has 0 radical (unpaired) electrons. The molecule has 0 aromatic rings. The van der Waals surface area contributed by atoms with E-state index >= 15 is 0 Å². The predicted octanol–water partition coefficient (Wildman–Crippen LogP) is 4.11. The van der Waals surface area contributed by atoms with Crippen LogP contribution in [0.15, 0.2) is 12.2 Å². The van der Waals surface area contributed by atoms with E-state index in [-0.39, 0.29) is 5.04 Å². The molecule has 0 rings (SSSR count). The summed E-state index contributed by atoms with van der Waals surface area (Å²) in [5, 5.41) is 0.108. The van der Waals surface area contributed by atoms with Gasteiger partial charge in [0.25, 0.3) is 0 Å². The Kier molecular flexibility index (Phi) is 5.81. The Bertz CT molecular complexity index is 319. The second kappa shape index (κ2) is 6.02. The van der Waals surface area contributed by atoms with Crippen LogP contribution in [0.3, 0.4) is 0 Å². The first kappa shape index (κ1) is 17.4. The molecular weight excluding hydrogens is 244 g/mol. The molecule has 18 heavy (non-hydrogen) atoms. The lowest BCUT2D eigenvalue weighted by atomic mass is 9.99. The SMILES string of the molecule is C=C(C)C(=O)OC(C)O[Si](C)(C)C(C)(C)C(C)C. The molecular formula is C14H28O3Si. The molecule has 0 amide bonds. The van der Waals surface area contributed by atoms with Crippen molar-refractivity contribution in [3.05, 3.63) is 12.2 Å². The highest BCUT2D eigenvalue weighted by Gasteiger charge is 2.44. The van der Waals surface area contributed by atoms with Crippen molar-refractivity contribution < 1.29 is 14.0 Å². The maximum absolute atomic E-state index is 11.4. The second-order valence-corrected chi connectivity index (χ2v) is 10.8. The fourth-order valence-corrected chi connectivity index (χ4v) is 4.11. The average molecular weight is 272 g/mol. The molecule has 4 heteroatoms. The van der Waals surface area contributed by atoms with Crippen LogP contribution in [0.25, 0.3) is 0 Å². The zero-order valence-corrected chi connectivity index (χ0v) is 14.1. The molecule has 0 aromatic carbocycles. The summed E-state index contributed by atoms with van der Waals surface area (Å²) in [5.74, 6) is 0.123. The third kappa shape index (κ3) is 4.25. The summed E-state index contributed by atoms with van der Waals surface area (Å²) in [4.78, 5) is 11.4. The summed E-state index contributed by atoms with van der Waals surface area (Å²) in [5.41, 5.74) is 0.396. The van der Waals surface area contributed by atoms with Gasteiger partial charge in [0, 0.05) is 5.57 Å². The van der Waals surface area contributed by atoms with Crippen LogP contribution in [0.1, 0.15) is 41.5 Å². The first-order chi connectivity index (χ1) is 7.91. The summed E-state index contributed by atoms with van der Waals surface area (Å²) >= 11 is 0. The van der Waals surface area contributed by atoms with Crippen molar-refractivity contribution in [2.24, 2.45) is 5.92 Å². The van der Waals surface area contributed by atoms with Gasteiger partial charge in [-0.2, -0.15) is 0 Å². The molecule has 0 aromatic heterocycles. The molecule has 0 saturated carbocycles. The third-order valence-corrected chi connectivity index (χ3v) is 8.68. The van der Waals surface area contributed by atoms with Crippen molar-refractivity contribution in [2.45, 2.75) is 66.0 Å². The molecule has 0 aliphatic heterocycles. The van der Waals surface area contributed by atoms with E-state index in [1.165, 1.54) is 0 Å². The smallest absolute Gasteiger partial charge is 0.335 e. The van der Waals surface area contributed by atoms with Crippen LogP contribution in [0.5, 0.6) is 0 Å². The zero-order chi connectivity index (χ0) is 14.7. The Morgan fingerprint density at radius 1 is 1.22 bits per heavy atom. The molecule has 0 N–H and O–H groups in total. The minimum atomic E-state index is -1.97. The standard InChI is InChI=1S/C14H28O3Si/c1-10(2)13(15)16-12(5)17-18(8,9)14(6,7)11(3)4/h11-12H,1H2,2-9H3. The van der Waals surface area contributed by atoms with Gasteiger partial charge in [0.15, 0.2) is 14.6 Å². The van der Waals surface area contributed by atoms with E-state index in [1.807, 2.05) is 0 Å². The van der Waals surface area contributed by atoms with Gasteiger partial charge in [-0.05, 0) is 37.9 Å². The number of hydrogen-bond acceptors (Lipinski definition) is 3. The van der Waals surface area contributed by atoms with E-state index in [2.05, 4.69) is 47.4 Å². The van der Waals surface area contributed by atoms with E-state index in [0.29, 0.717) is 11.5 Å². The van der Waals surface area contributed by atoms with Crippen LogP contribution in [0, 0.1) is 5.92 Å². The Morgan fingerprint density at radius 3 is 2.00 bits per heavy atom. The molecule has 0 fully saturated rings. The highest BCUT2D eigenvalue weighted by molar-refractivity contribution is 6.74. The fourth-order valence-electron chi connectivity index (χ4n) is 1.54. The van der Waals surface area contributed by atoms with E-state index in [4.69, 9.17) is 9.16 Å². The molecule has 3 nitrogen and oxygen atoms in total. The van der Waals surface area contributed by atoms with Crippen LogP contribution < -0.4 is 0 Å². The van der Waals surface area contributed by atoms with Crippen molar-refractivity contribution in [2.75, 3.05) is 0 Å². The molecule has 0 aliphatic carbocycles. The Labute approximate surface area is 113 Å². The van der Waals surface area contributed by atoms with Gasteiger partial charge in [-0.15, -0.1) is 0 Å². The highest BCUT2D eigenvalue weighted by atomic mass is 28.4. The van der Waals surface area contributed by atoms with Crippen molar-refractivity contribution >= 4 is 14.3 Å². The maximum atomic E-state index is 11.4. The van der Waals surface area contributed by atoms with Crippen LogP contribution in [-0.4, -0.2) is 20.6 Å². The van der Waals surface area contributed by atoms with Crippen LogP contribution >= 0.6 is 0 Å². The molecule has 0 spiro atoms. The van der Waals surface area contributed by atoms with Gasteiger partial charge < -0.3 is 9.16 Å². The maximum Gasteiger partial charge on any atom is 0.335 e. The van der Waals surface area contributed by atoms with Crippen molar-refractivity contribution in [3.8, 4) is 0 Å². The number of rotatable bonds is 6. The van der Waals surface area contributed by atoms with Gasteiger partial charge in [-0.1, -0.05) is 34.3 Å². The van der Waals surface area contributed by atoms with E-state index in [0.717, 1.165) is 0 Å². The molecule has 0 saturated heterocycles. The number of esters is 1. The summed E-state index contributed by atoms with van der Waals surface area (Å²) in [6, 6.07) is 0. The lowest BCUT2D eigenvalue weighted by molar-refractivity contribution is -0.157. The van der Waals surface area contributed by atoms with Crippen molar-refractivity contribution in [1.82, 2.24) is 0 Å². The number of hydrogen-bond donors (Lipinski definition) is 0. The quantitative estimate of drug-likeness (QED) is 0.316. The van der Waals surface area contributed by atoms with Gasteiger partial charge >= 0.3 is 5.97 Å². The lowest BCUT2D eigenvalue weighted by Crippen LogP contribution is -2.47. The Hall–Kier alpha value is -0.613. The molecule has 0 bridgehead atoms. The van der Waals surface area contributed by atoms with Gasteiger partial charge in [0.2, 0.25) is 0 Å². The number of ether oxygens (including phenoxy) is 1. The largest absolute Gasteiger partial charge is 0.434 e. The predicted molar refractivity (Wildman–Crippen MR) is 77.8 cm³/mol. The Balaban J connectivity index is 4.68. The zero-order valence-electron chi connectivity index (χ0n) is 13.1. The summed E-state index contributed by atoms with van der Waals surface area (Å²) in [6.07, 6.45) is -0.520. The summed E-state index contributed by atoms with van der Waals surface area (Å²) in [7, 11) is -1.97.